The first kappa shape index (κ1) is 27.2. The van der Waals surface area contributed by atoms with E-state index >= 15 is 0 Å². The molecule has 0 saturated carbocycles. The van der Waals surface area contributed by atoms with E-state index in [2.05, 4.69) is 32.8 Å². The van der Waals surface area contributed by atoms with Gasteiger partial charge in [-0.05, 0) is 98.4 Å². The van der Waals surface area contributed by atoms with Crippen molar-refractivity contribution in [2.24, 2.45) is 0 Å². The quantitative estimate of drug-likeness (QED) is 0.162. The number of nitrogens with one attached hydrogen (secondary N) is 1. The number of rotatable bonds is 7. The molecule has 7 nitrogen and oxygen atoms in total. The summed E-state index contributed by atoms with van der Waals surface area (Å²) in [7, 11) is 1.40. The van der Waals surface area contributed by atoms with E-state index in [-0.39, 0.29) is 18.1 Å². The van der Waals surface area contributed by atoms with E-state index in [9.17, 15) is 4.79 Å². The Morgan fingerprint density at radius 3 is 2.29 bits per heavy atom. The van der Waals surface area contributed by atoms with Gasteiger partial charge in [0.05, 0.1) is 36.1 Å². The van der Waals surface area contributed by atoms with Crippen LogP contribution in [-0.4, -0.2) is 27.7 Å². The molecule has 2 aromatic heterocycles. The number of aryl methyl sites for hydroxylation is 1. The van der Waals surface area contributed by atoms with Gasteiger partial charge in [0.2, 0.25) is 0 Å². The number of methoxy groups -OCH3 is 1. The van der Waals surface area contributed by atoms with Gasteiger partial charge in [0, 0.05) is 23.3 Å². The Bertz CT molecular complexity index is 1740. The summed E-state index contributed by atoms with van der Waals surface area (Å²) in [5, 5.41) is 4.14. The molecular weight excluding hydrogens is 544 g/mol. The highest BCUT2D eigenvalue weighted by Gasteiger charge is 2.42. The lowest BCUT2D eigenvalue weighted by Crippen LogP contribution is -2.29. The minimum absolute atomic E-state index is 0.205. The Labute approximate surface area is 250 Å². The molecule has 210 valence electrons. The molecule has 2 atom stereocenters. The molecule has 1 aliphatic heterocycles. The molecular formula is C34H30N4O3S. The molecule has 0 radical (unpaired) electrons. The molecule has 1 saturated heterocycles. The second-order valence-electron chi connectivity index (χ2n) is 10.1. The number of anilines is 1. The van der Waals surface area contributed by atoms with Crippen molar-refractivity contribution in [1.82, 2.24) is 14.9 Å². The van der Waals surface area contributed by atoms with Crippen LogP contribution < -0.4 is 15.0 Å². The molecule has 0 spiro atoms. The number of para-hydroxylation sites is 2. The van der Waals surface area contributed by atoms with E-state index in [0.29, 0.717) is 10.7 Å². The number of aromatic nitrogens is 2. The van der Waals surface area contributed by atoms with Crippen molar-refractivity contribution < 1.29 is 14.3 Å². The van der Waals surface area contributed by atoms with E-state index < -0.39 is 0 Å². The topological polar surface area (TPSA) is 68.6 Å². The molecule has 0 unspecified atom stereocenters. The van der Waals surface area contributed by atoms with Crippen LogP contribution in [0.25, 0.3) is 5.69 Å². The Hall–Kier alpha value is -4.95. The fourth-order valence-corrected chi connectivity index (χ4v) is 6.00. The van der Waals surface area contributed by atoms with Crippen LogP contribution in [0.15, 0.2) is 109 Å². The average molecular weight is 575 g/mol. The Kier molecular flexibility index (Phi) is 7.46. The van der Waals surface area contributed by atoms with Crippen LogP contribution in [-0.2, 0) is 4.74 Å². The largest absolute Gasteiger partial charge is 0.465 e. The average Bonchev–Trinajstić information content (AvgIpc) is 3.52. The second kappa shape index (κ2) is 11.5. The molecule has 3 aromatic carbocycles. The molecule has 6 rings (SSSR count). The summed E-state index contributed by atoms with van der Waals surface area (Å²) in [5.74, 6) is 1.13. The number of benzene rings is 3. The number of nitrogens with zero attached hydrogens (tertiary/aromatic N) is 3. The van der Waals surface area contributed by atoms with Crippen LogP contribution >= 0.6 is 12.2 Å². The fourth-order valence-electron chi connectivity index (χ4n) is 5.66. The van der Waals surface area contributed by atoms with Gasteiger partial charge >= 0.3 is 5.97 Å². The normalized spacial score (nSPS) is 16.3. The van der Waals surface area contributed by atoms with Crippen LogP contribution in [0.2, 0.25) is 0 Å². The van der Waals surface area contributed by atoms with Crippen molar-refractivity contribution in [3.63, 3.8) is 0 Å². The molecule has 1 fully saturated rings. The number of carbonyl (C=O) groups excluding carboxylic acids is 1. The smallest absolute Gasteiger partial charge is 0.339 e. The third-order valence-electron chi connectivity index (χ3n) is 7.53. The van der Waals surface area contributed by atoms with Crippen LogP contribution in [0.3, 0.4) is 0 Å². The zero-order chi connectivity index (χ0) is 29.2. The lowest BCUT2D eigenvalue weighted by molar-refractivity contribution is 0.0600. The Balaban J connectivity index is 1.44. The van der Waals surface area contributed by atoms with Crippen molar-refractivity contribution in [1.29, 1.82) is 0 Å². The first-order valence-corrected chi connectivity index (χ1v) is 14.1. The van der Waals surface area contributed by atoms with Crippen LogP contribution in [0.1, 0.15) is 45.1 Å². The van der Waals surface area contributed by atoms with Crippen molar-refractivity contribution in [2.75, 3.05) is 12.0 Å². The van der Waals surface area contributed by atoms with E-state index in [1.807, 2.05) is 97.9 Å². The highest BCUT2D eigenvalue weighted by atomic mass is 32.1. The lowest BCUT2D eigenvalue weighted by atomic mass is 9.96. The number of ether oxygens (including phenoxy) is 2. The number of carbonyl (C=O) groups is 1. The third kappa shape index (κ3) is 5.01. The molecule has 42 heavy (non-hydrogen) atoms. The summed E-state index contributed by atoms with van der Waals surface area (Å²) in [6, 6.07) is 32.8. The van der Waals surface area contributed by atoms with Crippen molar-refractivity contribution in [3.05, 3.63) is 138 Å². The summed E-state index contributed by atoms with van der Waals surface area (Å²) in [6.07, 6.45) is 1.80. The maximum absolute atomic E-state index is 12.7. The highest BCUT2D eigenvalue weighted by molar-refractivity contribution is 7.80. The summed E-state index contributed by atoms with van der Waals surface area (Å²) in [5.41, 5.74) is 6.13. The standard InChI is InChI=1S/C34H30N4O3S/c1-22-21-28(23(2)37(22)30-15-8-7-13-27(30)33(39)40-3)32-31(29-14-9-10-20-35-29)36-34(42)38(32)24-16-18-26(19-17-24)41-25-11-5-4-6-12-25/h4-21,31-32H,1-3H3,(H,36,42)/t31-,32+/m1/s1. The van der Waals surface area contributed by atoms with Gasteiger partial charge in [-0.2, -0.15) is 0 Å². The third-order valence-corrected chi connectivity index (χ3v) is 7.85. The Morgan fingerprint density at radius 1 is 0.881 bits per heavy atom. The number of thiocarbonyl (C=S) groups is 1. The summed E-state index contributed by atoms with van der Waals surface area (Å²) >= 11 is 5.95. The molecule has 0 aliphatic carbocycles. The van der Waals surface area contributed by atoms with Gasteiger partial charge in [-0.15, -0.1) is 0 Å². The predicted octanol–water partition coefficient (Wildman–Crippen LogP) is 7.25. The van der Waals surface area contributed by atoms with E-state index in [1.165, 1.54) is 7.11 Å². The summed E-state index contributed by atoms with van der Waals surface area (Å²) < 4.78 is 13.2. The minimum Gasteiger partial charge on any atom is -0.465 e. The van der Waals surface area contributed by atoms with Crippen molar-refractivity contribution >= 4 is 29.0 Å². The van der Waals surface area contributed by atoms with Gasteiger partial charge in [0.15, 0.2) is 5.11 Å². The summed E-state index contributed by atoms with van der Waals surface area (Å²) in [4.78, 5) is 19.5. The first-order valence-electron chi connectivity index (χ1n) is 13.7. The lowest BCUT2D eigenvalue weighted by Gasteiger charge is -2.28. The minimum atomic E-state index is -0.380. The van der Waals surface area contributed by atoms with Gasteiger partial charge in [-0.25, -0.2) is 4.79 Å². The van der Waals surface area contributed by atoms with Gasteiger partial charge in [0.25, 0.3) is 0 Å². The fraction of sp³-hybridized carbons (Fsp3) is 0.147. The number of pyridine rings is 1. The first-order chi connectivity index (χ1) is 20.5. The van der Waals surface area contributed by atoms with Gasteiger partial charge in [0.1, 0.15) is 11.5 Å². The maximum atomic E-state index is 12.7. The van der Waals surface area contributed by atoms with Gasteiger partial charge in [-0.3, -0.25) is 4.98 Å². The van der Waals surface area contributed by atoms with Gasteiger partial charge < -0.3 is 24.3 Å². The van der Waals surface area contributed by atoms with Crippen LogP contribution in [0, 0.1) is 13.8 Å². The molecule has 1 N–H and O–H groups in total. The SMILES string of the molecule is COC(=O)c1ccccc1-n1c(C)cc([C@H]2[C@@H](c3ccccn3)NC(=S)N2c2ccc(Oc3ccccc3)cc2)c1C. The predicted molar refractivity (Wildman–Crippen MR) is 167 cm³/mol. The van der Waals surface area contributed by atoms with Crippen LogP contribution in [0.4, 0.5) is 5.69 Å². The molecule has 0 amide bonds. The zero-order valence-electron chi connectivity index (χ0n) is 23.5. The molecule has 3 heterocycles. The Morgan fingerprint density at radius 2 is 1.57 bits per heavy atom. The molecule has 8 heteroatoms. The second-order valence-corrected chi connectivity index (χ2v) is 10.5. The van der Waals surface area contributed by atoms with Crippen molar-refractivity contribution in [3.8, 4) is 17.2 Å². The number of esters is 1. The van der Waals surface area contributed by atoms with E-state index in [4.69, 9.17) is 21.7 Å². The number of hydrogen-bond donors (Lipinski definition) is 1. The van der Waals surface area contributed by atoms with Crippen LogP contribution in [0.5, 0.6) is 11.5 Å². The molecule has 5 aromatic rings. The zero-order valence-corrected chi connectivity index (χ0v) is 24.3. The van der Waals surface area contributed by atoms with Gasteiger partial charge in [-0.1, -0.05) is 36.4 Å². The highest BCUT2D eigenvalue weighted by Crippen LogP contribution is 2.44. The molecule has 1 aliphatic rings. The van der Waals surface area contributed by atoms with E-state index in [0.717, 1.165) is 45.5 Å². The monoisotopic (exact) mass is 574 g/mol. The maximum Gasteiger partial charge on any atom is 0.339 e. The summed E-state index contributed by atoms with van der Waals surface area (Å²) in [6.45, 7) is 4.11. The van der Waals surface area contributed by atoms with Crippen molar-refractivity contribution in [2.45, 2.75) is 25.9 Å². The van der Waals surface area contributed by atoms with E-state index in [1.54, 1.807) is 12.3 Å². The number of hydrogen-bond acceptors (Lipinski definition) is 5. The molecule has 0 bridgehead atoms.